The first kappa shape index (κ1) is 22.1. The molecule has 2 amide bonds. The number of nitrogens with one attached hydrogen (secondary N) is 2. The average Bonchev–Trinajstić information content (AvgIpc) is 3.22. The lowest BCUT2D eigenvalue weighted by Crippen LogP contribution is -2.45. The van der Waals surface area contributed by atoms with E-state index in [1.807, 2.05) is 37.3 Å². The molecular weight excluding hydrogens is 406 g/mol. The summed E-state index contributed by atoms with van der Waals surface area (Å²) in [6.45, 7) is 7.84. The second-order valence-corrected chi connectivity index (χ2v) is 9.05. The van der Waals surface area contributed by atoms with Crippen molar-refractivity contribution in [2.75, 3.05) is 30.0 Å². The Balaban J connectivity index is 1.78. The topological polar surface area (TPSA) is 83.8 Å². The predicted octanol–water partition coefficient (Wildman–Crippen LogP) is 5.03. The van der Waals surface area contributed by atoms with Gasteiger partial charge < -0.3 is 19.8 Å². The van der Waals surface area contributed by atoms with Crippen molar-refractivity contribution in [1.29, 1.82) is 0 Å². The van der Waals surface area contributed by atoms with Crippen molar-refractivity contribution < 1.29 is 18.7 Å². The number of carbonyl (C=O) groups is 2. The summed E-state index contributed by atoms with van der Waals surface area (Å²) in [5.41, 5.74) is 2.79. The number of carbonyl (C=O) groups excluding carboxylic acids is 2. The van der Waals surface area contributed by atoms with E-state index in [9.17, 15) is 9.59 Å². The van der Waals surface area contributed by atoms with E-state index in [1.165, 1.54) is 0 Å². The number of anilines is 2. The van der Waals surface area contributed by atoms with Crippen molar-refractivity contribution in [2.24, 2.45) is 5.41 Å². The molecule has 170 valence electrons. The summed E-state index contributed by atoms with van der Waals surface area (Å²) in [4.78, 5) is 28.6. The number of hydrogen-bond acceptors (Lipinski definition) is 5. The van der Waals surface area contributed by atoms with E-state index in [-0.39, 0.29) is 17.2 Å². The third-order valence-corrected chi connectivity index (χ3v) is 5.88. The summed E-state index contributed by atoms with van der Waals surface area (Å²) in [5, 5.41) is 6.49. The molecule has 1 atom stereocenters. The number of hydrogen-bond donors (Lipinski definition) is 2. The van der Waals surface area contributed by atoms with Crippen molar-refractivity contribution in [2.45, 2.75) is 46.1 Å². The maximum Gasteiger partial charge on any atom is 0.322 e. The first-order valence-electron chi connectivity index (χ1n) is 11.2. The highest BCUT2D eigenvalue weighted by Gasteiger charge is 2.44. The minimum atomic E-state index is -0.647. The lowest BCUT2D eigenvalue weighted by Gasteiger charge is -2.36. The van der Waals surface area contributed by atoms with Gasteiger partial charge in [0.05, 0.1) is 17.6 Å². The number of allylic oxidation sites excluding steroid dienone is 1. The van der Waals surface area contributed by atoms with Crippen LogP contribution in [-0.4, -0.2) is 31.6 Å². The van der Waals surface area contributed by atoms with Gasteiger partial charge in [0.1, 0.15) is 11.8 Å². The van der Waals surface area contributed by atoms with E-state index < -0.39 is 6.04 Å². The highest BCUT2D eigenvalue weighted by atomic mass is 16.5. The fourth-order valence-corrected chi connectivity index (χ4v) is 4.53. The van der Waals surface area contributed by atoms with Crippen LogP contribution in [0.15, 0.2) is 58.3 Å². The second-order valence-electron chi connectivity index (χ2n) is 9.05. The molecule has 2 heterocycles. The highest BCUT2D eigenvalue weighted by Crippen LogP contribution is 2.48. The smallest absolute Gasteiger partial charge is 0.322 e. The fraction of sp³-hybridized carbons (Fsp3) is 0.440. The fourth-order valence-electron chi connectivity index (χ4n) is 4.53. The Bertz CT molecular complexity index is 1010. The highest BCUT2D eigenvalue weighted by molar-refractivity contribution is 6.05. The van der Waals surface area contributed by atoms with Gasteiger partial charge in [-0.15, -0.1) is 0 Å². The molecular formula is C25H31N3O4. The molecule has 0 radical (unpaired) electrons. The summed E-state index contributed by atoms with van der Waals surface area (Å²) < 4.78 is 11.2. The monoisotopic (exact) mass is 437 g/mol. The number of ketones is 1. The molecule has 0 fully saturated rings. The van der Waals surface area contributed by atoms with E-state index in [4.69, 9.17) is 9.15 Å². The Labute approximate surface area is 188 Å². The molecule has 2 N–H and O–H groups in total. The molecule has 2 aliphatic rings. The van der Waals surface area contributed by atoms with Crippen LogP contribution >= 0.6 is 0 Å². The van der Waals surface area contributed by atoms with Gasteiger partial charge in [-0.05, 0) is 49.4 Å². The van der Waals surface area contributed by atoms with Crippen molar-refractivity contribution in [3.05, 3.63) is 59.7 Å². The first-order valence-corrected chi connectivity index (χ1v) is 11.2. The molecule has 1 aliphatic heterocycles. The summed E-state index contributed by atoms with van der Waals surface area (Å²) in [6.07, 6.45) is 3.42. The Kier molecular flexibility index (Phi) is 6.37. The molecule has 0 bridgehead atoms. The van der Waals surface area contributed by atoms with Crippen molar-refractivity contribution in [3.63, 3.8) is 0 Å². The summed E-state index contributed by atoms with van der Waals surface area (Å²) >= 11 is 0. The van der Waals surface area contributed by atoms with Crippen LogP contribution in [0.25, 0.3) is 0 Å². The average molecular weight is 438 g/mol. The third kappa shape index (κ3) is 4.43. The van der Waals surface area contributed by atoms with Gasteiger partial charge in [-0.3, -0.25) is 9.69 Å². The summed E-state index contributed by atoms with van der Waals surface area (Å²) in [6, 6.07) is 10.3. The number of amides is 2. The molecule has 0 unspecified atom stereocenters. The Morgan fingerprint density at radius 1 is 1.25 bits per heavy atom. The van der Waals surface area contributed by atoms with Gasteiger partial charge in [-0.1, -0.05) is 26.0 Å². The van der Waals surface area contributed by atoms with E-state index in [1.54, 1.807) is 17.2 Å². The Morgan fingerprint density at radius 3 is 2.81 bits per heavy atom. The largest absolute Gasteiger partial charge is 0.467 e. The van der Waals surface area contributed by atoms with Crippen molar-refractivity contribution >= 4 is 23.2 Å². The summed E-state index contributed by atoms with van der Waals surface area (Å²) in [5.74, 6) is 0.598. The molecule has 1 aromatic heterocycles. The number of nitrogens with zero attached hydrogens (tertiary/aromatic N) is 1. The lowest BCUT2D eigenvalue weighted by atomic mass is 9.74. The molecule has 2 aromatic rings. The predicted molar refractivity (Wildman–Crippen MR) is 124 cm³/mol. The maximum atomic E-state index is 13.5. The number of furan rings is 1. The number of rotatable bonds is 6. The molecule has 1 aliphatic carbocycles. The molecule has 0 saturated heterocycles. The molecule has 0 spiro atoms. The first-order chi connectivity index (χ1) is 15.4. The van der Waals surface area contributed by atoms with Gasteiger partial charge in [0.25, 0.3) is 0 Å². The van der Waals surface area contributed by atoms with Crippen molar-refractivity contribution in [3.8, 4) is 0 Å². The van der Waals surface area contributed by atoms with Crippen LogP contribution < -0.4 is 15.5 Å². The quantitative estimate of drug-likeness (QED) is 0.619. The minimum absolute atomic E-state index is 0.0344. The van der Waals surface area contributed by atoms with Crippen LogP contribution in [0, 0.1) is 5.41 Å². The number of ether oxygens (including phenoxy) is 1. The van der Waals surface area contributed by atoms with Gasteiger partial charge >= 0.3 is 6.03 Å². The number of Topliss-reactive ketones (excluding diaryl/α,β-unsaturated/α-hetero) is 1. The molecule has 32 heavy (non-hydrogen) atoms. The standard InChI is InChI=1S/C25H31N3O4/c1-4-31-13-8-12-26-24(30)28-19-10-6-5-9-17(19)27-18-15-25(2,3)16-20(29)22(18)23(28)21-11-7-14-32-21/h5-7,9-11,14,23,27H,4,8,12-13,15-16H2,1-3H3,(H,26,30)/t23-/m0/s1. The van der Waals surface area contributed by atoms with E-state index in [0.29, 0.717) is 56.0 Å². The molecule has 7 heteroatoms. The minimum Gasteiger partial charge on any atom is -0.467 e. The number of urea groups is 1. The zero-order chi connectivity index (χ0) is 22.7. The van der Waals surface area contributed by atoms with Gasteiger partial charge in [0, 0.05) is 37.4 Å². The summed E-state index contributed by atoms with van der Waals surface area (Å²) in [7, 11) is 0. The zero-order valence-corrected chi connectivity index (χ0v) is 18.9. The molecule has 7 nitrogen and oxygen atoms in total. The van der Waals surface area contributed by atoms with Crippen LogP contribution in [0.3, 0.4) is 0 Å². The van der Waals surface area contributed by atoms with E-state index >= 15 is 0 Å². The molecule has 0 saturated carbocycles. The Hall–Kier alpha value is -3.06. The van der Waals surface area contributed by atoms with Gasteiger partial charge in [-0.25, -0.2) is 4.79 Å². The zero-order valence-electron chi connectivity index (χ0n) is 18.9. The SMILES string of the molecule is CCOCCCNC(=O)N1c2ccccc2NC2=C(C(=O)CC(C)(C)C2)[C@@H]1c1ccco1. The van der Waals surface area contributed by atoms with Gasteiger partial charge in [-0.2, -0.15) is 0 Å². The lowest BCUT2D eigenvalue weighted by molar-refractivity contribution is -0.118. The maximum absolute atomic E-state index is 13.5. The number of fused-ring (bicyclic) bond motifs is 1. The van der Waals surface area contributed by atoms with Crippen LogP contribution in [0.5, 0.6) is 0 Å². The van der Waals surface area contributed by atoms with Crippen LogP contribution in [0.4, 0.5) is 16.2 Å². The van der Waals surface area contributed by atoms with E-state index in [2.05, 4.69) is 24.5 Å². The number of para-hydroxylation sites is 2. The van der Waals surface area contributed by atoms with Crippen LogP contribution in [-0.2, 0) is 9.53 Å². The third-order valence-electron chi connectivity index (χ3n) is 5.88. The van der Waals surface area contributed by atoms with Crippen LogP contribution in [0.2, 0.25) is 0 Å². The van der Waals surface area contributed by atoms with Crippen molar-refractivity contribution in [1.82, 2.24) is 5.32 Å². The Morgan fingerprint density at radius 2 is 2.06 bits per heavy atom. The molecule has 4 rings (SSSR count). The normalized spacial score (nSPS) is 19.7. The second kappa shape index (κ2) is 9.20. The van der Waals surface area contributed by atoms with Crippen LogP contribution in [0.1, 0.15) is 51.8 Å². The van der Waals surface area contributed by atoms with Gasteiger partial charge in [0.15, 0.2) is 5.78 Å². The van der Waals surface area contributed by atoms with E-state index in [0.717, 1.165) is 11.4 Å². The van der Waals surface area contributed by atoms with Gasteiger partial charge in [0.2, 0.25) is 0 Å². The number of benzene rings is 1. The molecule has 1 aromatic carbocycles.